The topological polar surface area (TPSA) is 107 Å². The first-order valence-corrected chi connectivity index (χ1v) is 5.65. The summed E-state index contributed by atoms with van der Waals surface area (Å²) < 4.78 is 5.71. The summed E-state index contributed by atoms with van der Waals surface area (Å²) in [6, 6.07) is 6.95. The smallest absolute Gasteiger partial charge is 0.149 e. The number of nitriles is 2. The highest BCUT2D eigenvalue weighted by Gasteiger charge is 2.24. The Bertz CT molecular complexity index is 576. The molecule has 5 nitrogen and oxygen atoms in total. The number of benzene rings is 1. The van der Waals surface area contributed by atoms with Crippen molar-refractivity contribution in [3.63, 3.8) is 0 Å². The summed E-state index contributed by atoms with van der Waals surface area (Å²) in [4.78, 5) is 0. The average Bonchev–Trinajstić information content (AvgIpc) is 2.32. The SMILES string of the molecule is N#Cc1ccc(C(=N)N)c(OC2CCC2)c1C#N. The van der Waals surface area contributed by atoms with Gasteiger partial charge >= 0.3 is 0 Å². The molecule has 1 aliphatic carbocycles. The fraction of sp³-hybridized carbons (Fsp3) is 0.308. The molecule has 0 amide bonds. The lowest BCUT2D eigenvalue weighted by atomic mass is 9.95. The van der Waals surface area contributed by atoms with Gasteiger partial charge in [0.05, 0.1) is 17.2 Å². The first-order valence-electron chi connectivity index (χ1n) is 5.65. The van der Waals surface area contributed by atoms with Crippen LogP contribution < -0.4 is 10.5 Å². The predicted octanol–water partition coefficient (Wildman–Crippen LogP) is 1.65. The first kappa shape index (κ1) is 11.9. The number of nitrogens with zero attached hydrogens (tertiary/aromatic N) is 2. The standard InChI is InChI=1S/C13H12N4O/c14-6-8-4-5-10(13(16)17)12(11(8)7-15)18-9-2-1-3-9/h4-5,9H,1-3H2,(H3,16,17). The summed E-state index contributed by atoms with van der Waals surface area (Å²) in [7, 11) is 0. The molecule has 0 aromatic heterocycles. The molecule has 1 aromatic carbocycles. The van der Waals surface area contributed by atoms with Gasteiger partial charge in [-0.25, -0.2) is 0 Å². The van der Waals surface area contributed by atoms with Crippen molar-refractivity contribution < 1.29 is 4.74 Å². The lowest BCUT2D eigenvalue weighted by molar-refractivity contribution is 0.119. The molecule has 0 spiro atoms. The summed E-state index contributed by atoms with van der Waals surface area (Å²) in [5.74, 6) is 0.110. The zero-order valence-corrected chi connectivity index (χ0v) is 9.73. The van der Waals surface area contributed by atoms with Gasteiger partial charge in [0.1, 0.15) is 29.3 Å². The second kappa shape index (κ2) is 4.77. The Kier molecular flexibility index (Phi) is 3.16. The van der Waals surface area contributed by atoms with E-state index in [-0.39, 0.29) is 28.8 Å². The zero-order chi connectivity index (χ0) is 13.1. The molecular weight excluding hydrogens is 228 g/mol. The molecular formula is C13H12N4O. The van der Waals surface area contributed by atoms with Crippen LogP contribution in [0.5, 0.6) is 5.75 Å². The molecule has 0 radical (unpaired) electrons. The lowest BCUT2D eigenvalue weighted by Gasteiger charge is -2.28. The molecule has 90 valence electrons. The maximum atomic E-state index is 9.15. The monoisotopic (exact) mass is 240 g/mol. The van der Waals surface area contributed by atoms with Gasteiger partial charge in [-0.15, -0.1) is 0 Å². The summed E-state index contributed by atoms with van der Waals surface area (Å²) in [6.45, 7) is 0. The minimum atomic E-state index is -0.162. The molecule has 0 saturated heterocycles. The van der Waals surface area contributed by atoms with Gasteiger partial charge in [-0.3, -0.25) is 5.41 Å². The maximum Gasteiger partial charge on any atom is 0.149 e. The normalized spacial score (nSPS) is 14.1. The minimum Gasteiger partial charge on any atom is -0.488 e. The van der Waals surface area contributed by atoms with E-state index in [4.69, 9.17) is 26.4 Å². The number of nitrogens with one attached hydrogen (secondary N) is 1. The second-order valence-electron chi connectivity index (χ2n) is 4.17. The largest absolute Gasteiger partial charge is 0.488 e. The van der Waals surface area contributed by atoms with Crippen molar-refractivity contribution in [1.82, 2.24) is 0 Å². The van der Waals surface area contributed by atoms with Crippen LogP contribution in [0.3, 0.4) is 0 Å². The van der Waals surface area contributed by atoms with Gasteiger partial charge in [0.15, 0.2) is 0 Å². The van der Waals surface area contributed by atoms with Crippen LogP contribution in [0.25, 0.3) is 0 Å². The van der Waals surface area contributed by atoms with Gasteiger partial charge < -0.3 is 10.5 Å². The van der Waals surface area contributed by atoms with E-state index in [1.54, 1.807) is 6.07 Å². The van der Waals surface area contributed by atoms with Crippen LogP contribution in [0.4, 0.5) is 0 Å². The summed E-state index contributed by atoms with van der Waals surface area (Å²) in [5.41, 5.74) is 6.26. The van der Waals surface area contributed by atoms with Gasteiger partial charge in [0, 0.05) is 0 Å². The van der Waals surface area contributed by atoms with E-state index in [0.717, 1.165) is 19.3 Å². The second-order valence-corrected chi connectivity index (χ2v) is 4.17. The molecule has 1 aliphatic rings. The number of rotatable bonds is 3. The van der Waals surface area contributed by atoms with Crippen molar-refractivity contribution in [1.29, 1.82) is 15.9 Å². The molecule has 0 unspecified atom stereocenters. The molecule has 3 N–H and O–H groups in total. The zero-order valence-electron chi connectivity index (χ0n) is 9.73. The van der Waals surface area contributed by atoms with Crippen LogP contribution in [0.2, 0.25) is 0 Å². The predicted molar refractivity (Wildman–Crippen MR) is 65.2 cm³/mol. The van der Waals surface area contributed by atoms with E-state index in [1.165, 1.54) is 6.07 Å². The van der Waals surface area contributed by atoms with Gasteiger partial charge in [-0.05, 0) is 31.4 Å². The fourth-order valence-corrected chi connectivity index (χ4v) is 1.78. The Hall–Kier alpha value is -2.53. The fourth-order valence-electron chi connectivity index (χ4n) is 1.78. The van der Waals surface area contributed by atoms with E-state index in [1.807, 2.05) is 12.1 Å². The third kappa shape index (κ3) is 1.99. The Morgan fingerprint density at radius 1 is 1.33 bits per heavy atom. The molecule has 1 fully saturated rings. The van der Waals surface area contributed by atoms with E-state index >= 15 is 0 Å². The van der Waals surface area contributed by atoms with Gasteiger partial charge in [0.25, 0.3) is 0 Å². The van der Waals surface area contributed by atoms with E-state index in [9.17, 15) is 0 Å². The van der Waals surface area contributed by atoms with Crippen LogP contribution in [0.15, 0.2) is 12.1 Å². The Morgan fingerprint density at radius 3 is 2.50 bits per heavy atom. The molecule has 18 heavy (non-hydrogen) atoms. The van der Waals surface area contributed by atoms with Gasteiger partial charge in [-0.2, -0.15) is 10.5 Å². The molecule has 0 atom stereocenters. The summed E-state index contributed by atoms with van der Waals surface area (Å²) in [6.07, 6.45) is 3.02. The summed E-state index contributed by atoms with van der Waals surface area (Å²) in [5, 5.41) is 25.6. The molecule has 2 rings (SSSR count). The highest BCUT2D eigenvalue weighted by atomic mass is 16.5. The van der Waals surface area contributed by atoms with E-state index in [0.29, 0.717) is 5.56 Å². The number of nitrogen functional groups attached to an aromatic ring is 1. The Labute approximate surface area is 105 Å². The summed E-state index contributed by atoms with van der Waals surface area (Å²) >= 11 is 0. The molecule has 0 bridgehead atoms. The minimum absolute atomic E-state index is 0.0594. The highest BCUT2D eigenvalue weighted by Crippen LogP contribution is 2.32. The molecule has 1 saturated carbocycles. The van der Waals surface area contributed by atoms with Crippen molar-refractivity contribution in [2.75, 3.05) is 0 Å². The van der Waals surface area contributed by atoms with Gasteiger partial charge in [0.2, 0.25) is 0 Å². The Balaban J connectivity index is 2.52. The van der Waals surface area contributed by atoms with Crippen LogP contribution >= 0.6 is 0 Å². The average molecular weight is 240 g/mol. The van der Waals surface area contributed by atoms with Crippen molar-refractivity contribution in [2.24, 2.45) is 5.73 Å². The van der Waals surface area contributed by atoms with Crippen molar-refractivity contribution in [3.05, 3.63) is 28.8 Å². The molecule has 0 aliphatic heterocycles. The lowest BCUT2D eigenvalue weighted by Crippen LogP contribution is -2.26. The number of amidine groups is 1. The van der Waals surface area contributed by atoms with Crippen molar-refractivity contribution in [3.8, 4) is 17.9 Å². The third-order valence-electron chi connectivity index (χ3n) is 3.02. The van der Waals surface area contributed by atoms with Crippen molar-refractivity contribution >= 4 is 5.84 Å². The molecule has 0 heterocycles. The van der Waals surface area contributed by atoms with Crippen LogP contribution in [-0.2, 0) is 0 Å². The molecule has 5 heteroatoms. The quantitative estimate of drug-likeness (QED) is 0.618. The van der Waals surface area contributed by atoms with Crippen LogP contribution in [0, 0.1) is 28.1 Å². The van der Waals surface area contributed by atoms with E-state index in [2.05, 4.69) is 0 Å². The highest BCUT2D eigenvalue weighted by molar-refractivity contribution is 5.98. The molecule has 1 aromatic rings. The number of ether oxygens (including phenoxy) is 1. The number of hydrogen-bond donors (Lipinski definition) is 2. The number of nitrogens with two attached hydrogens (primary N) is 1. The van der Waals surface area contributed by atoms with Crippen LogP contribution in [0.1, 0.15) is 36.0 Å². The third-order valence-corrected chi connectivity index (χ3v) is 3.02. The van der Waals surface area contributed by atoms with Crippen LogP contribution in [-0.4, -0.2) is 11.9 Å². The van der Waals surface area contributed by atoms with Gasteiger partial charge in [-0.1, -0.05) is 0 Å². The Morgan fingerprint density at radius 2 is 2.06 bits per heavy atom. The van der Waals surface area contributed by atoms with Crippen molar-refractivity contribution in [2.45, 2.75) is 25.4 Å². The number of hydrogen-bond acceptors (Lipinski definition) is 4. The van der Waals surface area contributed by atoms with E-state index < -0.39 is 0 Å². The first-order chi connectivity index (χ1) is 8.67. The maximum absolute atomic E-state index is 9.15.